The predicted octanol–water partition coefficient (Wildman–Crippen LogP) is 4.26. The van der Waals surface area contributed by atoms with Gasteiger partial charge in [0.25, 0.3) is 5.91 Å². The fourth-order valence-corrected chi connectivity index (χ4v) is 4.74. The number of aliphatic hydroxyl groups excluding tert-OH is 1. The molecule has 2 atom stereocenters. The van der Waals surface area contributed by atoms with Gasteiger partial charge in [0.15, 0.2) is 0 Å². The van der Waals surface area contributed by atoms with E-state index in [2.05, 4.69) is 16.0 Å². The van der Waals surface area contributed by atoms with Crippen molar-refractivity contribution < 1.29 is 24.2 Å². The van der Waals surface area contributed by atoms with Crippen molar-refractivity contribution in [2.24, 2.45) is 0 Å². The van der Waals surface area contributed by atoms with Crippen molar-refractivity contribution >= 4 is 29.3 Å². The van der Waals surface area contributed by atoms with E-state index in [4.69, 9.17) is 4.74 Å². The molecule has 0 aromatic heterocycles. The smallest absolute Gasteiger partial charge is 0.407 e. The van der Waals surface area contributed by atoms with Crippen molar-refractivity contribution in [2.75, 3.05) is 23.3 Å². The number of hydrogen-bond acceptors (Lipinski definition) is 6. The Morgan fingerprint density at radius 2 is 1.66 bits per heavy atom. The summed E-state index contributed by atoms with van der Waals surface area (Å²) >= 11 is 0. The minimum absolute atomic E-state index is 0.0284. The first kappa shape index (κ1) is 29.6. The lowest BCUT2D eigenvalue weighted by Crippen LogP contribution is -2.49. The van der Waals surface area contributed by atoms with E-state index >= 15 is 0 Å². The van der Waals surface area contributed by atoms with Crippen LogP contribution in [-0.4, -0.2) is 54.3 Å². The standard InChI is InChI=1S/C32H38N4O5/c1-22(2)34-26-17-25(18-27(19-26)36-15-9-14-30(36)38)31(39)35-28(16-23-10-5-3-6-11-23)29(37)20-33-32(40)41-21-24-12-7-4-8-13-24/h3-8,10-13,17-19,22,28-29,34,37H,9,14-16,20-21H2,1-2H3,(H,33,40)(H,35,39)/t28-,29+/m0/s1. The molecule has 1 fully saturated rings. The van der Waals surface area contributed by atoms with E-state index in [1.807, 2.05) is 80.6 Å². The normalized spacial score (nSPS) is 14.4. The topological polar surface area (TPSA) is 120 Å². The molecule has 4 N–H and O–H groups in total. The Kier molecular flexibility index (Phi) is 10.3. The third-order valence-electron chi connectivity index (χ3n) is 6.77. The number of benzene rings is 3. The van der Waals surface area contributed by atoms with Gasteiger partial charge in [-0.3, -0.25) is 9.59 Å². The monoisotopic (exact) mass is 558 g/mol. The number of nitrogens with one attached hydrogen (secondary N) is 3. The second-order valence-electron chi connectivity index (χ2n) is 10.5. The van der Waals surface area contributed by atoms with E-state index in [9.17, 15) is 19.5 Å². The summed E-state index contributed by atoms with van der Waals surface area (Å²) in [4.78, 5) is 40.0. The molecule has 9 nitrogen and oxygen atoms in total. The van der Waals surface area contributed by atoms with Gasteiger partial charge in [-0.1, -0.05) is 60.7 Å². The van der Waals surface area contributed by atoms with Gasteiger partial charge < -0.3 is 30.7 Å². The summed E-state index contributed by atoms with van der Waals surface area (Å²) in [6.07, 6.45) is -0.162. The Labute approximate surface area is 240 Å². The van der Waals surface area contributed by atoms with Crippen LogP contribution in [0.4, 0.5) is 16.2 Å². The van der Waals surface area contributed by atoms with Crippen LogP contribution in [0.2, 0.25) is 0 Å². The van der Waals surface area contributed by atoms with Crippen LogP contribution in [0.25, 0.3) is 0 Å². The van der Waals surface area contributed by atoms with Gasteiger partial charge in [0, 0.05) is 42.5 Å². The largest absolute Gasteiger partial charge is 0.445 e. The van der Waals surface area contributed by atoms with Crippen LogP contribution in [0, 0.1) is 0 Å². The summed E-state index contributed by atoms with van der Waals surface area (Å²) in [6.45, 7) is 4.59. The van der Waals surface area contributed by atoms with E-state index in [1.165, 1.54) is 0 Å². The first-order chi connectivity index (χ1) is 19.8. The van der Waals surface area contributed by atoms with Gasteiger partial charge in [-0.25, -0.2) is 4.79 Å². The van der Waals surface area contributed by atoms with E-state index in [1.54, 1.807) is 17.0 Å². The molecule has 216 valence electrons. The zero-order valence-electron chi connectivity index (χ0n) is 23.5. The SMILES string of the molecule is CC(C)Nc1cc(C(=O)N[C@@H](Cc2ccccc2)[C@H](O)CNC(=O)OCc2ccccc2)cc(N2CCCC2=O)c1. The maximum Gasteiger partial charge on any atom is 0.407 e. The number of carbonyl (C=O) groups is 3. The molecule has 3 aromatic rings. The Bertz CT molecular complexity index is 1320. The number of rotatable bonds is 12. The average Bonchev–Trinajstić information content (AvgIpc) is 3.40. The molecule has 3 amide bonds. The molecule has 0 bridgehead atoms. The van der Waals surface area contributed by atoms with Gasteiger partial charge in [-0.05, 0) is 56.0 Å². The van der Waals surface area contributed by atoms with Gasteiger partial charge >= 0.3 is 6.09 Å². The number of aliphatic hydroxyl groups is 1. The number of hydrogen-bond donors (Lipinski definition) is 4. The van der Waals surface area contributed by atoms with E-state index in [0.717, 1.165) is 23.2 Å². The predicted molar refractivity (Wildman–Crippen MR) is 159 cm³/mol. The van der Waals surface area contributed by atoms with Gasteiger partial charge in [-0.15, -0.1) is 0 Å². The Balaban J connectivity index is 1.47. The Morgan fingerprint density at radius 1 is 0.976 bits per heavy atom. The quantitative estimate of drug-likeness (QED) is 0.264. The van der Waals surface area contributed by atoms with Gasteiger partial charge in [0.1, 0.15) is 6.61 Å². The molecule has 0 radical (unpaired) electrons. The maximum absolute atomic E-state index is 13.6. The first-order valence-electron chi connectivity index (χ1n) is 14.0. The second kappa shape index (κ2) is 14.3. The average molecular weight is 559 g/mol. The number of carbonyl (C=O) groups excluding carboxylic acids is 3. The van der Waals surface area contributed by atoms with Gasteiger partial charge in [-0.2, -0.15) is 0 Å². The van der Waals surface area contributed by atoms with Crippen LogP contribution in [0.15, 0.2) is 78.9 Å². The summed E-state index contributed by atoms with van der Waals surface area (Å²) in [5.74, 6) is -0.363. The van der Waals surface area contributed by atoms with Crippen molar-refractivity contribution in [3.8, 4) is 0 Å². The zero-order valence-corrected chi connectivity index (χ0v) is 23.5. The molecule has 3 aromatic carbocycles. The van der Waals surface area contributed by atoms with Crippen LogP contribution in [0.5, 0.6) is 0 Å². The lowest BCUT2D eigenvalue weighted by atomic mass is 10.00. The second-order valence-corrected chi connectivity index (χ2v) is 10.5. The number of anilines is 2. The van der Waals surface area contributed by atoms with Crippen LogP contribution < -0.4 is 20.9 Å². The third kappa shape index (κ3) is 8.81. The van der Waals surface area contributed by atoms with E-state index < -0.39 is 24.1 Å². The molecule has 1 saturated heterocycles. The van der Waals surface area contributed by atoms with Gasteiger partial charge in [0.05, 0.1) is 12.1 Å². The van der Waals surface area contributed by atoms with Crippen LogP contribution in [0.1, 0.15) is 48.2 Å². The van der Waals surface area contributed by atoms with Crippen LogP contribution in [-0.2, 0) is 22.6 Å². The molecule has 0 spiro atoms. The van der Waals surface area contributed by atoms with Gasteiger partial charge in [0.2, 0.25) is 5.91 Å². The molecule has 9 heteroatoms. The third-order valence-corrected chi connectivity index (χ3v) is 6.77. The molecule has 1 heterocycles. The summed E-state index contributed by atoms with van der Waals surface area (Å²) in [5.41, 5.74) is 3.52. The van der Waals surface area contributed by atoms with Crippen molar-refractivity contribution in [1.82, 2.24) is 10.6 Å². The molecular formula is C32H38N4O5. The zero-order chi connectivity index (χ0) is 29.2. The molecule has 1 aliphatic rings. The highest BCUT2D eigenvalue weighted by Crippen LogP contribution is 2.27. The summed E-state index contributed by atoms with van der Waals surface area (Å²) in [5, 5.41) is 20.0. The summed E-state index contributed by atoms with van der Waals surface area (Å²) in [7, 11) is 0. The van der Waals surface area contributed by atoms with Crippen LogP contribution in [0.3, 0.4) is 0 Å². The molecule has 1 aliphatic heterocycles. The number of alkyl carbamates (subject to hydrolysis) is 1. The lowest BCUT2D eigenvalue weighted by molar-refractivity contribution is -0.117. The lowest BCUT2D eigenvalue weighted by Gasteiger charge is -2.25. The molecule has 0 unspecified atom stereocenters. The molecule has 4 rings (SSSR count). The van der Waals surface area contributed by atoms with Crippen molar-refractivity contribution in [3.63, 3.8) is 0 Å². The number of nitrogens with zero attached hydrogens (tertiary/aromatic N) is 1. The Hall–Kier alpha value is -4.37. The Morgan fingerprint density at radius 3 is 2.29 bits per heavy atom. The fraction of sp³-hybridized carbons (Fsp3) is 0.344. The molecular weight excluding hydrogens is 520 g/mol. The first-order valence-corrected chi connectivity index (χ1v) is 14.0. The maximum atomic E-state index is 13.6. The fourth-order valence-electron chi connectivity index (χ4n) is 4.74. The number of ether oxygens (including phenoxy) is 1. The number of amides is 3. The summed E-state index contributed by atoms with van der Waals surface area (Å²) < 4.78 is 5.25. The van der Waals surface area contributed by atoms with E-state index in [-0.39, 0.29) is 25.1 Å². The van der Waals surface area contributed by atoms with E-state index in [0.29, 0.717) is 30.6 Å². The highest BCUT2D eigenvalue weighted by atomic mass is 16.5. The van der Waals surface area contributed by atoms with Crippen LogP contribution >= 0.6 is 0 Å². The molecule has 0 saturated carbocycles. The molecule has 41 heavy (non-hydrogen) atoms. The highest BCUT2D eigenvalue weighted by molar-refractivity contribution is 6.00. The highest BCUT2D eigenvalue weighted by Gasteiger charge is 2.26. The van der Waals surface area contributed by atoms with Crippen molar-refractivity contribution in [3.05, 3.63) is 95.6 Å². The molecule has 0 aliphatic carbocycles. The minimum Gasteiger partial charge on any atom is -0.445 e. The van der Waals surface area contributed by atoms with Crippen molar-refractivity contribution in [2.45, 2.75) is 57.9 Å². The van der Waals surface area contributed by atoms with Crippen molar-refractivity contribution in [1.29, 1.82) is 0 Å². The minimum atomic E-state index is -1.10. The summed E-state index contributed by atoms with van der Waals surface area (Å²) in [6, 6.07) is 23.5.